The summed E-state index contributed by atoms with van der Waals surface area (Å²) >= 11 is 0. The molecule has 7 heteroatoms. The van der Waals surface area contributed by atoms with Crippen molar-refractivity contribution >= 4 is 28.5 Å². The van der Waals surface area contributed by atoms with Crippen LogP contribution in [0.15, 0.2) is 66.9 Å². The van der Waals surface area contributed by atoms with Gasteiger partial charge in [0.25, 0.3) is 5.91 Å². The van der Waals surface area contributed by atoms with Crippen LogP contribution < -0.4 is 10.2 Å². The molecule has 3 amide bonds. The van der Waals surface area contributed by atoms with Crippen LogP contribution in [-0.4, -0.2) is 59.6 Å². The highest BCUT2D eigenvalue weighted by Gasteiger charge is 2.50. The smallest absolute Gasteiger partial charge is 0.326 e. The number of amides is 3. The van der Waals surface area contributed by atoms with Crippen LogP contribution in [-0.2, 0) is 10.3 Å². The number of anilines is 1. The predicted molar refractivity (Wildman–Crippen MR) is 120 cm³/mol. The Balaban J connectivity index is 1.32. The zero-order chi connectivity index (χ0) is 21.4. The summed E-state index contributed by atoms with van der Waals surface area (Å²) in [5, 5.41) is 4.98. The van der Waals surface area contributed by atoms with Gasteiger partial charge in [0.15, 0.2) is 0 Å². The van der Waals surface area contributed by atoms with Crippen LogP contribution in [0.5, 0.6) is 0 Å². The second-order valence-corrected chi connectivity index (χ2v) is 8.25. The molecule has 0 spiro atoms. The van der Waals surface area contributed by atoms with E-state index >= 15 is 0 Å². The van der Waals surface area contributed by atoms with E-state index in [1.165, 1.54) is 4.90 Å². The van der Waals surface area contributed by atoms with Crippen LogP contribution in [0.2, 0.25) is 0 Å². The van der Waals surface area contributed by atoms with E-state index in [0.29, 0.717) is 6.67 Å². The number of pyridine rings is 1. The molecule has 3 aromatic rings. The van der Waals surface area contributed by atoms with Crippen molar-refractivity contribution in [2.24, 2.45) is 0 Å². The first kappa shape index (κ1) is 19.5. The van der Waals surface area contributed by atoms with E-state index in [1.807, 2.05) is 60.7 Å². The van der Waals surface area contributed by atoms with Crippen LogP contribution in [0.25, 0.3) is 10.8 Å². The highest BCUT2D eigenvalue weighted by molar-refractivity contribution is 6.09. The standard InChI is InChI=1S/C24H25N5O2/c1-24(20-10-6-8-18-7-2-3-9-19(18)20)22(30)29(23(31)26-24)17-27-13-15-28(16-14-27)21-11-4-5-12-25-21/h2-12H,13-17H2,1H3,(H,26,31)/t24-/m0/s1. The average molecular weight is 415 g/mol. The molecule has 1 atom stereocenters. The molecule has 2 aliphatic rings. The van der Waals surface area contributed by atoms with Gasteiger partial charge in [-0.1, -0.05) is 48.5 Å². The molecular formula is C24H25N5O2. The molecule has 0 bridgehead atoms. The molecule has 0 radical (unpaired) electrons. The Morgan fingerprint density at radius 2 is 1.68 bits per heavy atom. The molecular weight excluding hydrogens is 390 g/mol. The maximum Gasteiger partial charge on any atom is 0.326 e. The first-order valence-electron chi connectivity index (χ1n) is 10.6. The van der Waals surface area contributed by atoms with Gasteiger partial charge >= 0.3 is 6.03 Å². The van der Waals surface area contributed by atoms with Crippen LogP contribution in [0.1, 0.15) is 12.5 Å². The fraction of sp³-hybridized carbons (Fsp3) is 0.292. The number of rotatable bonds is 4. The van der Waals surface area contributed by atoms with Crippen molar-refractivity contribution in [2.75, 3.05) is 37.7 Å². The molecule has 7 nitrogen and oxygen atoms in total. The minimum Gasteiger partial charge on any atom is -0.354 e. The lowest BCUT2D eigenvalue weighted by atomic mass is 9.88. The van der Waals surface area contributed by atoms with Gasteiger partial charge in [0.05, 0.1) is 6.67 Å². The van der Waals surface area contributed by atoms with E-state index in [1.54, 1.807) is 13.1 Å². The van der Waals surface area contributed by atoms with Crippen LogP contribution in [0, 0.1) is 0 Å². The molecule has 0 unspecified atom stereocenters. The number of benzene rings is 2. The lowest BCUT2D eigenvalue weighted by Crippen LogP contribution is -2.51. The number of carbonyl (C=O) groups excluding carboxylic acids is 2. The third-order valence-corrected chi connectivity index (χ3v) is 6.29. The maximum atomic E-state index is 13.4. The van der Waals surface area contributed by atoms with Crippen molar-refractivity contribution in [1.82, 2.24) is 20.1 Å². The minimum atomic E-state index is -1.08. The van der Waals surface area contributed by atoms with Crippen molar-refractivity contribution in [1.29, 1.82) is 0 Å². The van der Waals surface area contributed by atoms with Gasteiger partial charge in [0, 0.05) is 32.4 Å². The molecule has 5 rings (SSSR count). The maximum absolute atomic E-state index is 13.4. The number of fused-ring (bicyclic) bond motifs is 1. The number of hydrogen-bond donors (Lipinski definition) is 1. The van der Waals surface area contributed by atoms with E-state index in [9.17, 15) is 9.59 Å². The summed E-state index contributed by atoms with van der Waals surface area (Å²) in [6.07, 6.45) is 1.79. The van der Waals surface area contributed by atoms with Gasteiger partial charge in [-0.05, 0) is 35.4 Å². The number of hydrogen-bond acceptors (Lipinski definition) is 5. The zero-order valence-corrected chi connectivity index (χ0v) is 17.5. The van der Waals surface area contributed by atoms with E-state index in [-0.39, 0.29) is 11.9 Å². The van der Waals surface area contributed by atoms with Gasteiger partial charge < -0.3 is 10.2 Å². The van der Waals surface area contributed by atoms with Gasteiger partial charge in [0.2, 0.25) is 0 Å². The Labute approximate surface area is 181 Å². The van der Waals surface area contributed by atoms with E-state index in [0.717, 1.165) is 48.3 Å². The minimum absolute atomic E-state index is 0.207. The normalized spacial score (nSPS) is 22.2. The third kappa shape index (κ3) is 3.41. The van der Waals surface area contributed by atoms with Crippen LogP contribution in [0.3, 0.4) is 0 Å². The summed E-state index contributed by atoms with van der Waals surface area (Å²) in [5.74, 6) is 0.752. The summed E-state index contributed by atoms with van der Waals surface area (Å²) in [6, 6.07) is 19.4. The second-order valence-electron chi connectivity index (χ2n) is 8.25. The highest BCUT2D eigenvalue weighted by Crippen LogP contribution is 2.34. The first-order chi connectivity index (χ1) is 15.1. The van der Waals surface area contributed by atoms with Crippen LogP contribution >= 0.6 is 0 Å². The quantitative estimate of drug-likeness (QED) is 0.664. The van der Waals surface area contributed by atoms with E-state index < -0.39 is 5.54 Å². The van der Waals surface area contributed by atoms with Crippen molar-refractivity contribution in [3.63, 3.8) is 0 Å². The lowest BCUT2D eigenvalue weighted by molar-refractivity contribution is -0.132. The number of aromatic nitrogens is 1. The number of nitrogens with zero attached hydrogens (tertiary/aromatic N) is 4. The van der Waals surface area contributed by atoms with Gasteiger partial charge in [-0.2, -0.15) is 0 Å². The number of nitrogens with one attached hydrogen (secondary N) is 1. The molecule has 2 saturated heterocycles. The Kier molecular flexibility index (Phi) is 4.82. The average Bonchev–Trinajstić information content (AvgIpc) is 3.03. The monoisotopic (exact) mass is 415 g/mol. The number of imide groups is 1. The fourth-order valence-electron chi connectivity index (χ4n) is 4.53. The number of piperazine rings is 1. The highest BCUT2D eigenvalue weighted by atomic mass is 16.2. The van der Waals surface area contributed by atoms with Crippen molar-refractivity contribution in [2.45, 2.75) is 12.5 Å². The summed E-state index contributed by atoms with van der Waals surface area (Å²) in [5.41, 5.74) is -0.250. The molecule has 2 aliphatic heterocycles. The summed E-state index contributed by atoms with van der Waals surface area (Å²) in [7, 11) is 0. The first-order valence-corrected chi connectivity index (χ1v) is 10.6. The summed E-state index contributed by atoms with van der Waals surface area (Å²) < 4.78 is 0. The molecule has 31 heavy (non-hydrogen) atoms. The Bertz CT molecular complexity index is 1120. The van der Waals surface area contributed by atoms with Crippen LogP contribution in [0.4, 0.5) is 10.6 Å². The molecule has 3 heterocycles. The van der Waals surface area contributed by atoms with Gasteiger partial charge in [-0.3, -0.25) is 9.69 Å². The molecule has 2 fully saturated rings. The molecule has 2 aromatic carbocycles. The zero-order valence-electron chi connectivity index (χ0n) is 17.5. The van der Waals surface area contributed by atoms with E-state index in [4.69, 9.17) is 0 Å². The van der Waals surface area contributed by atoms with E-state index in [2.05, 4.69) is 20.1 Å². The van der Waals surface area contributed by atoms with Gasteiger partial charge in [-0.25, -0.2) is 14.7 Å². The molecule has 158 valence electrons. The Hall–Kier alpha value is -3.45. The largest absolute Gasteiger partial charge is 0.354 e. The molecule has 0 aliphatic carbocycles. The Morgan fingerprint density at radius 3 is 2.45 bits per heavy atom. The number of urea groups is 1. The van der Waals surface area contributed by atoms with Crippen molar-refractivity contribution in [3.05, 3.63) is 72.4 Å². The molecule has 1 aromatic heterocycles. The third-order valence-electron chi connectivity index (χ3n) is 6.29. The molecule has 1 N–H and O–H groups in total. The lowest BCUT2D eigenvalue weighted by Gasteiger charge is -2.36. The summed E-state index contributed by atoms with van der Waals surface area (Å²) in [4.78, 5) is 36.4. The predicted octanol–water partition coefficient (Wildman–Crippen LogP) is 2.78. The van der Waals surface area contributed by atoms with Crippen molar-refractivity contribution < 1.29 is 9.59 Å². The van der Waals surface area contributed by atoms with Gasteiger partial charge in [-0.15, -0.1) is 0 Å². The molecule has 0 saturated carbocycles. The Morgan fingerprint density at radius 1 is 0.935 bits per heavy atom. The summed E-state index contributed by atoms with van der Waals surface area (Å²) in [6.45, 7) is 5.23. The SMILES string of the molecule is C[C@@]1(c2cccc3ccccc23)NC(=O)N(CN2CCN(c3ccccn3)CC2)C1=O. The van der Waals surface area contributed by atoms with Gasteiger partial charge in [0.1, 0.15) is 11.4 Å². The fourth-order valence-corrected chi connectivity index (χ4v) is 4.53. The second kappa shape index (κ2) is 7.67. The number of carbonyl (C=O) groups is 2. The van der Waals surface area contributed by atoms with Crippen molar-refractivity contribution in [3.8, 4) is 0 Å². The topological polar surface area (TPSA) is 68.8 Å².